The molecule has 0 aromatic rings. The molecular weight excluding hydrogens is 234 g/mol. The fourth-order valence-corrected chi connectivity index (χ4v) is 2.97. The molecule has 0 bridgehead atoms. The highest BCUT2D eigenvalue weighted by molar-refractivity contribution is 7.90. The van der Waals surface area contributed by atoms with Gasteiger partial charge >= 0.3 is 5.97 Å². The minimum absolute atomic E-state index is 0.0232. The number of carboxylic acid groups (broad SMARTS) is 1. The molecule has 0 amide bonds. The van der Waals surface area contributed by atoms with Crippen molar-refractivity contribution < 1.29 is 23.4 Å². The maximum Gasteiger partial charge on any atom is 0.323 e. The van der Waals surface area contributed by atoms with Gasteiger partial charge in [0.05, 0.1) is 5.60 Å². The third-order valence-electron chi connectivity index (χ3n) is 3.13. The highest BCUT2D eigenvalue weighted by Crippen LogP contribution is 2.31. The van der Waals surface area contributed by atoms with Crippen LogP contribution in [0, 0.1) is 5.92 Å². The smallest absolute Gasteiger partial charge is 0.323 e. The highest BCUT2D eigenvalue weighted by Gasteiger charge is 2.50. The lowest BCUT2D eigenvalue weighted by atomic mass is 9.85. The third kappa shape index (κ3) is 2.07. The molecule has 94 valence electrons. The molecule has 1 rings (SSSR count). The summed E-state index contributed by atoms with van der Waals surface area (Å²) in [5, 5.41) is 17.1. The Morgan fingerprint density at radius 2 is 1.75 bits per heavy atom. The molecule has 1 atom stereocenters. The van der Waals surface area contributed by atoms with Gasteiger partial charge in [-0.1, -0.05) is 13.8 Å². The molecule has 1 fully saturated rings. The van der Waals surface area contributed by atoms with Crippen molar-refractivity contribution in [3.05, 3.63) is 0 Å². The predicted octanol–water partition coefficient (Wildman–Crippen LogP) is -0.508. The van der Waals surface area contributed by atoms with Crippen LogP contribution in [-0.2, 0) is 14.8 Å². The number of carbonyl (C=O) groups is 1. The summed E-state index contributed by atoms with van der Waals surface area (Å²) in [6, 6.07) is 0. The summed E-state index contributed by atoms with van der Waals surface area (Å²) in [7, 11) is -3.83. The molecule has 0 aromatic carbocycles. The lowest BCUT2D eigenvalue weighted by Gasteiger charge is -2.48. The van der Waals surface area contributed by atoms with Crippen LogP contribution in [0.2, 0.25) is 0 Å². The fraction of sp³-hybridized carbons (Fsp3) is 0.889. The minimum Gasteiger partial charge on any atom is -0.480 e. The van der Waals surface area contributed by atoms with Gasteiger partial charge in [0.25, 0.3) is 0 Å². The molecule has 0 radical (unpaired) electrons. The van der Waals surface area contributed by atoms with Crippen molar-refractivity contribution >= 4 is 16.0 Å². The lowest BCUT2D eigenvalue weighted by Crippen LogP contribution is -2.67. The molecule has 6 nitrogen and oxygen atoms in total. The van der Waals surface area contributed by atoms with Crippen LogP contribution in [0.4, 0.5) is 0 Å². The Morgan fingerprint density at radius 1 is 1.31 bits per heavy atom. The first-order valence-electron chi connectivity index (χ1n) is 5.05. The Hall–Kier alpha value is -0.660. The van der Waals surface area contributed by atoms with E-state index in [4.69, 9.17) is 5.11 Å². The number of hydrogen-bond acceptors (Lipinski definition) is 4. The van der Waals surface area contributed by atoms with E-state index in [1.54, 1.807) is 13.8 Å². The number of aliphatic carboxylic acids is 1. The van der Waals surface area contributed by atoms with Crippen LogP contribution >= 0.6 is 0 Å². The molecule has 2 N–H and O–H groups in total. The number of sulfonamides is 1. The summed E-state index contributed by atoms with van der Waals surface area (Å²) < 4.78 is 24.4. The monoisotopic (exact) mass is 251 g/mol. The van der Waals surface area contributed by atoms with Gasteiger partial charge in [0, 0.05) is 13.1 Å². The summed E-state index contributed by atoms with van der Waals surface area (Å²) in [6.07, 6.45) is 0. The highest BCUT2D eigenvalue weighted by atomic mass is 32.2. The molecular formula is C9H17NO5S. The summed E-state index contributed by atoms with van der Waals surface area (Å²) >= 11 is 0. The zero-order valence-corrected chi connectivity index (χ0v) is 10.4. The van der Waals surface area contributed by atoms with E-state index in [9.17, 15) is 18.3 Å². The normalized spacial score (nSPS) is 22.8. The van der Waals surface area contributed by atoms with E-state index in [1.165, 1.54) is 0 Å². The summed E-state index contributed by atoms with van der Waals surface area (Å²) in [5.41, 5.74) is -1.02. The van der Waals surface area contributed by atoms with Gasteiger partial charge in [-0.25, -0.2) is 8.42 Å². The summed E-state index contributed by atoms with van der Waals surface area (Å²) in [6.45, 7) is 4.68. The zero-order chi connectivity index (χ0) is 12.7. The van der Waals surface area contributed by atoms with Crippen LogP contribution in [0.15, 0.2) is 0 Å². The average molecular weight is 251 g/mol. The number of nitrogens with zero attached hydrogens (tertiary/aromatic N) is 1. The van der Waals surface area contributed by atoms with Gasteiger partial charge < -0.3 is 10.2 Å². The standard InChI is InChI=1S/C9H17NO5S/c1-6(2)9(13)4-10(5-9)16(14,15)7(3)8(11)12/h6-7,13H,4-5H2,1-3H3,(H,11,12). The maximum atomic E-state index is 11.7. The number of hydrogen-bond donors (Lipinski definition) is 2. The Kier molecular flexibility index (Phi) is 3.33. The SMILES string of the molecule is CC(C)C1(O)CN(S(=O)(=O)C(C)C(=O)O)C1. The number of carboxylic acids is 1. The fourth-order valence-electron chi connectivity index (χ4n) is 1.46. The van der Waals surface area contributed by atoms with Crippen LogP contribution in [0.1, 0.15) is 20.8 Å². The van der Waals surface area contributed by atoms with Gasteiger partial charge in [0.2, 0.25) is 10.0 Å². The van der Waals surface area contributed by atoms with Gasteiger partial charge in [-0.3, -0.25) is 4.79 Å². The molecule has 16 heavy (non-hydrogen) atoms. The second-order valence-corrected chi connectivity index (χ2v) is 6.81. The van der Waals surface area contributed by atoms with E-state index >= 15 is 0 Å². The first kappa shape index (κ1) is 13.4. The Morgan fingerprint density at radius 3 is 2.06 bits per heavy atom. The molecule has 1 heterocycles. The third-order valence-corrected chi connectivity index (χ3v) is 5.20. The van der Waals surface area contributed by atoms with Crippen molar-refractivity contribution in [3.63, 3.8) is 0 Å². The van der Waals surface area contributed by atoms with Crippen molar-refractivity contribution in [1.82, 2.24) is 4.31 Å². The summed E-state index contributed by atoms with van der Waals surface area (Å²) in [5.74, 6) is -1.43. The Labute approximate surface area is 94.9 Å². The lowest BCUT2D eigenvalue weighted by molar-refractivity contribution is -0.136. The van der Waals surface area contributed by atoms with Crippen molar-refractivity contribution in [2.75, 3.05) is 13.1 Å². The second kappa shape index (κ2) is 3.97. The molecule has 1 unspecified atom stereocenters. The van der Waals surface area contributed by atoms with Crippen LogP contribution in [0.25, 0.3) is 0 Å². The quantitative estimate of drug-likeness (QED) is 0.702. The van der Waals surface area contributed by atoms with Crippen LogP contribution in [0.5, 0.6) is 0 Å². The molecule has 1 saturated heterocycles. The van der Waals surface area contributed by atoms with E-state index in [-0.39, 0.29) is 19.0 Å². The molecule has 0 spiro atoms. The van der Waals surface area contributed by atoms with Gasteiger partial charge in [0.15, 0.2) is 5.25 Å². The first-order valence-corrected chi connectivity index (χ1v) is 6.56. The predicted molar refractivity (Wildman–Crippen MR) is 57.4 cm³/mol. The van der Waals surface area contributed by atoms with E-state index in [1.807, 2.05) is 0 Å². The van der Waals surface area contributed by atoms with Crippen molar-refractivity contribution in [1.29, 1.82) is 0 Å². The molecule has 0 saturated carbocycles. The van der Waals surface area contributed by atoms with Gasteiger partial charge in [-0.05, 0) is 12.8 Å². The van der Waals surface area contributed by atoms with Gasteiger partial charge in [-0.2, -0.15) is 4.31 Å². The minimum atomic E-state index is -3.83. The van der Waals surface area contributed by atoms with E-state index in [0.717, 1.165) is 11.2 Å². The molecule has 1 aliphatic rings. The average Bonchev–Trinajstić information content (AvgIpc) is 2.10. The van der Waals surface area contributed by atoms with E-state index in [0.29, 0.717) is 0 Å². The van der Waals surface area contributed by atoms with Crippen LogP contribution < -0.4 is 0 Å². The molecule has 7 heteroatoms. The van der Waals surface area contributed by atoms with Crippen molar-refractivity contribution in [2.45, 2.75) is 31.6 Å². The number of β-amino-alcohol motifs (C(OH)–C–C–N with tert-alkyl or cyclic N) is 1. The first-order chi connectivity index (χ1) is 7.11. The van der Waals surface area contributed by atoms with Crippen LogP contribution in [-0.4, -0.2) is 52.8 Å². The maximum absolute atomic E-state index is 11.7. The molecule has 1 aliphatic heterocycles. The summed E-state index contributed by atoms with van der Waals surface area (Å²) in [4.78, 5) is 10.6. The van der Waals surface area contributed by atoms with Gasteiger partial charge in [0.1, 0.15) is 0 Å². The Bertz CT molecular complexity index is 383. The number of rotatable bonds is 4. The number of aliphatic hydroxyl groups is 1. The van der Waals surface area contributed by atoms with E-state index < -0.39 is 26.8 Å². The molecule has 0 aliphatic carbocycles. The Balaban J connectivity index is 2.75. The van der Waals surface area contributed by atoms with E-state index in [2.05, 4.69) is 0 Å². The molecule has 0 aromatic heterocycles. The zero-order valence-electron chi connectivity index (χ0n) is 9.54. The van der Waals surface area contributed by atoms with Crippen molar-refractivity contribution in [3.8, 4) is 0 Å². The second-order valence-electron chi connectivity index (χ2n) is 4.55. The topological polar surface area (TPSA) is 94.9 Å². The largest absolute Gasteiger partial charge is 0.480 e. The van der Waals surface area contributed by atoms with Gasteiger partial charge in [-0.15, -0.1) is 0 Å². The van der Waals surface area contributed by atoms with Crippen molar-refractivity contribution in [2.24, 2.45) is 5.92 Å². The van der Waals surface area contributed by atoms with Crippen LogP contribution in [0.3, 0.4) is 0 Å².